The molecule has 0 N–H and O–H groups in total. The first-order chi connectivity index (χ1) is 12.2. The van der Waals surface area contributed by atoms with Gasteiger partial charge in [-0.05, 0) is 31.2 Å². The fraction of sp³-hybridized carbons (Fsp3) is 0.471. The van der Waals surface area contributed by atoms with Crippen LogP contribution in [0, 0.1) is 5.82 Å². The van der Waals surface area contributed by atoms with Crippen molar-refractivity contribution in [1.29, 1.82) is 0 Å². The molecule has 26 heavy (non-hydrogen) atoms. The molecular weight excluding hydrogens is 361 g/mol. The van der Waals surface area contributed by atoms with Gasteiger partial charge in [0.05, 0.1) is 19.3 Å². The molecule has 7 nitrogen and oxygen atoms in total. The van der Waals surface area contributed by atoms with Gasteiger partial charge >= 0.3 is 5.97 Å². The maximum Gasteiger partial charge on any atom is 0.358 e. The first-order valence-corrected chi connectivity index (χ1v) is 8.46. The van der Waals surface area contributed by atoms with Crippen molar-refractivity contribution in [2.45, 2.75) is 13.5 Å². The summed E-state index contributed by atoms with van der Waals surface area (Å²) in [6.07, 6.45) is 1.43. The number of hydrogen-bond donors (Lipinski definition) is 0. The van der Waals surface area contributed by atoms with E-state index in [2.05, 4.69) is 20.1 Å². The van der Waals surface area contributed by atoms with Crippen LogP contribution >= 0.6 is 12.4 Å². The third-order valence-electron chi connectivity index (χ3n) is 4.29. The highest BCUT2D eigenvalue weighted by molar-refractivity contribution is 5.87. The summed E-state index contributed by atoms with van der Waals surface area (Å²) in [6, 6.07) is 6.60. The molecule has 0 saturated carbocycles. The predicted molar refractivity (Wildman–Crippen MR) is 98.3 cm³/mol. The predicted octanol–water partition coefficient (Wildman–Crippen LogP) is 1.84. The van der Waals surface area contributed by atoms with Gasteiger partial charge in [-0.2, -0.15) is 0 Å². The first kappa shape index (κ1) is 20.1. The molecule has 0 unspecified atom stereocenters. The molecule has 1 aliphatic heterocycles. The van der Waals surface area contributed by atoms with Crippen molar-refractivity contribution >= 4 is 24.1 Å². The molecule has 1 aromatic heterocycles. The number of hydrogen-bond acceptors (Lipinski definition) is 6. The molecule has 1 saturated heterocycles. The third kappa shape index (κ3) is 4.92. The van der Waals surface area contributed by atoms with Gasteiger partial charge in [0.25, 0.3) is 0 Å². The third-order valence-corrected chi connectivity index (χ3v) is 4.29. The van der Waals surface area contributed by atoms with E-state index in [9.17, 15) is 9.18 Å². The quantitative estimate of drug-likeness (QED) is 0.709. The zero-order valence-corrected chi connectivity index (χ0v) is 15.5. The topological polar surface area (TPSA) is 63.5 Å². The van der Waals surface area contributed by atoms with E-state index in [0.717, 1.165) is 38.4 Å². The van der Waals surface area contributed by atoms with Gasteiger partial charge in [0, 0.05) is 38.4 Å². The summed E-state index contributed by atoms with van der Waals surface area (Å²) in [7, 11) is 0. The average molecular weight is 384 g/mol. The van der Waals surface area contributed by atoms with Crippen LogP contribution in [-0.2, 0) is 11.3 Å². The van der Waals surface area contributed by atoms with Crippen LogP contribution < -0.4 is 4.90 Å². The standard InChI is InChI=1S/C17H22FN5O2.ClH/c1-2-25-17(24)16-13-19-20-23(16)12-9-21-7-10-22(11-8-21)15-5-3-14(18)4-6-15;/h3-6,13H,2,7-12H2,1H3;1H. The highest BCUT2D eigenvalue weighted by Gasteiger charge is 2.19. The molecule has 1 aliphatic rings. The lowest BCUT2D eigenvalue weighted by molar-refractivity contribution is 0.0510. The monoisotopic (exact) mass is 383 g/mol. The van der Waals surface area contributed by atoms with Gasteiger partial charge < -0.3 is 9.64 Å². The number of esters is 1. The second-order valence-electron chi connectivity index (χ2n) is 5.87. The van der Waals surface area contributed by atoms with Gasteiger partial charge in [0.2, 0.25) is 0 Å². The number of halogens is 2. The van der Waals surface area contributed by atoms with Crippen LogP contribution in [0.1, 0.15) is 17.4 Å². The Balaban J connectivity index is 0.00000243. The van der Waals surface area contributed by atoms with Crippen molar-refractivity contribution in [2.75, 3.05) is 44.2 Å². The maximum atomic E-state index is 13.0. The summed E-state index contributed by atoms with van der Waals surface area (Å²) < 4.78 is 19.6. The molecule has 9 heteroatoms. The van der Waals surface area contributed by atoms with E-state index >= 15 is 0 Å². The highest BCUT2D eigenvalue weighted by atomic mass is 35.5. The van der Waals surface area contributed by atoms with E-state index in [1.165, 1.54) is 18.3 Å². The lowest BCUT2D eigenvalue weighted by Gasteiger charge is -2.36. The fourth-order valence-corrected chi connectivity index (χ4v) is 2.90. The average Bonchev–Trinajstić information content (AvgIpc) is 3.10. The molecule has 3 rings (SSSR count). The smallest absolute Gasteiger partial charge is 0.358 e. The molecule has 0 bridgehead atoms. The molecule has 0 amide bonds. The van der Waals surface area contributed by atoms with Crippen molar-refractivity contribution < 1.29 is 13.9 Å². The van der Waals surface area contributed by atoms with Gasteiger partial charge in [0.1, 0.15) is 5.82 Å². The zero-order valence-electron chi connectivity index (χ0n) is 14.7. The normalized spacial score (nSPS) is 14.8. The molecule has 0 atom stereocenters. The summed E-state index contributed by atoms with van der Waals surface area (Å²) in [4.78, 5) is 16.4. The maximum absolute atomic E-state index is 13.0. The van der Waals surface area contributed by atoms with E-state index in [1.807, 2.05) is 12.1 Å². The van der Waals surface area contributed by atoms with Crippen molar-refractivity contribution in [3.8, 4) is 0 Å². The van der Waals surface area contributed by atoms with E-state index in [0.29, 0.717) is 18.8 Å². The fourth-order valence-electron chi connectivity index (χ4n) is 2.90. The van der Waals surface area contributed by atoms with Gasteiger partial charge in [0.15, 0.2) is 5.69 Å². The van der Waals surface area contributed by atoms with Gasteiger partial charge in [-0.3, -0.25) is 4.90 Å². The van der Waals surface area contributed by atoms with Gasteiger partial charge in [-0.1, -0.05) is 5.21 Å². The zero-order chi connectivity index (χ0) is 17.6. The minimum absolute atomic E-state index is 0. The Bertz CT molecular complexity index is 701. The Labute approximate surface area is 158 Å². The van der Waals surface area contributed by atoms with E-state index < -0.39 is 5.97 Å². The van der Waals surface area contributed by atoms with E-state index in [4.69, 9.17) is 4.74 Å². The number of carbonyl (C=O) groups excluding carboxylic acids is 1. The minimum atomic E-state index is -0.395. The summed E-state index contributed by atoms with van der Waals surface area (Å²) in [5.41, 5.74) is 1.42. The van der Waals surface area contributed by atoms with Crippen molar-refractivity contribution in [1.82, 2.24) is 19.9 Å². The van der Waals surface area contributed by atoms with Crippen LogP contribution in [0.25, 0.3) is 0 Å². The Hall–Kier alpha value is -2.19. The molecule has 2 heterocycles. The van der Waals surface area contributed by atoms with Crippen molar-refractivity contribution in [3.05, 3.63) is 42.0 Å². The number of benzene rings is 1. The number of aromatic nitrogens is 3. The molecule has 0 aliphatic carbocycles. The number of carbonyl (C=O) groups is 1. The number of nitrogens with zero attached hydrogens (tertiary/aromatic N) is 5. The lowest BCUT2D eigenvalue weighted by Crippen LogP contribution is -2.47. The first-order valence-electron chi connectivity index (χ1n) is 8.46. The van der Waals surface area contributed by atoms with Crippen LogP contribution in [0.15, 0.2) is 30.5 Å². The van der Waals surface area contributed by atoms with Gasteiger partial charge in [-0.25, -0.2) is 13.9 Å². The van der Waals surface area contributed by atoms with Crippen LogP contribution in [0.4, 0.5) is 10.1 Å². The summed E-state index contributed by atoms with van der Waals surface area (Å²) >= 11 is 0. The van der Waals surface area contributed by atoms with Gasteiger partial charge in [-0.15, -0.1) is 17.5 Å². The van der Waals surface area contributed by atoms with Crippen molar-refractivity contribution in [3.63, 3.8) is 0 Å². The lowest BCUT2D eigenvalue weighted by atomic mass is 10.2. The Morgan fingerprint density at radius 1 is 1.15 bits per heavy atom. The van der Waals surface area contributed by atoms with Crippen LogP contribution in [-0.4, -0.2) is 65.2 Å². The highest BCUT2D eigenvalue weighted by Crippen LogP contribution is 2.16. The minimum Gasteiger partial charge on any atom is -0.461 e. The van der Waals surface area contributed by atoms with E-state index in [1.54, 1.807) is 11.6 Å². The Kier molecular flexibility index (Phi) is 7.35. The second kappa shape index (κ2) is 9.49. The molecule has 1 aromatic carbocycles. The number of rotatable bonds is 6. The molecule has 0 spiro atoms. The van der Waals surface area contributed by atoms with Crippen LogP contribution in [0.5, 0.6) is 0 Å². The molecule has 2 aromatic rings. The number of ether oxygens (including phenoxy) is 1. The Morgan fingerprint density at radius 3 is 2.50 bits per heavy atom. The van der Waals surface area contributed by atoms with Crippen LogP contribution in [0.3, 0.4) is 0 Å². The van der Waals surface area contributed by atoms with Crippen LogP contribution in [0.2, 0.25) is 0 Å². The summed E-state index contributed by atoms with van der Waals surface area (Å²) in [5.74, 6) is -0.610. The molecular formula is C17H23ClFN5O2. The SMILES string of the molecule is CCOC(=O)c1cnnn1CCN1CCN(c2ccc(F)cc2)CC1.Cl. The second-order valence-corrected chi connectivity index (χ2v) is 5.87. The number of piperazine rings is 1. The molecule has 142 valence electrons. The molecule has 0 radical (unpaired) electrons. The summed E-state index contributed by atoms with van der Waals surface area (Å²) in [6.45, 7) is 7.04. The van der Waals surface area contributed by atoms with Crippen molar-refractivity contribution in [2.24, 2.45) is 0 Å². The summed E-state index contributed by atoms with van der Waals surface area (Å²) in [5, 5.41) is 7.77. The number of anilines is 1. The van der Waals surface area contributed by atoms with E-state index in [-0.39, 0.29) is 18.2 Å². The largest absolute Gasteiger partial charge is 0.461 e. The Morgan fingerprint density at radius 2 is 1.85 bits per heavy atom. The molecule has 1 fully saturated rings.